The minimum atomic E-state index is 0.619. The molecule has 17 heavy (non-hydrogen) atoms. The van der Waals surface area contributed by atoms with E-state index in [4.69, 9.17) is 4.74 Å². The Kier molecular flexibility index (Phi) is 6.89. The van der Waals surface area contributed by atoms with Crippen LogP contribution >= 0.6 is 22.6 Å². The molecule has 0 aliphatic carbocycles. The van der Waals surface area contributed by atoms with Gasteiger partial charge in [0.2, 0.25) is 0 Å². The Labute approximate surface area is 118 Å². The summed E-state index contributed by atoms with van der Waals surface area (Å²) in [4.78, 5) is 0. The number of rotatable bonds is 7. The van der Waals surface area contributed by atoms with Crippen molar-refractivity contribution in [3.05, 3.63) is 29.8 Å². The average Bonchev–Trinajstić information content (AvgIpc) is 2.35. The van der Waals surface area contributed by atoms with Crippen LogP contribution in [0, 0.1) is 5.92 Å². The van der Waals surface area contributed by atoms with Crippen molar-refractivity contribution in [3.8, 4) is 5.75 Å². The molecule has 1 aromatic carbocycles. The molecule has 1 atom stereocenters. The molecule has 0 fully saturated rings. The molecule has 96 valence electrons. The number of alkyl halides is 1. The highest BCUT2D eigenvalue weighted by atomic mass is 127. The number of ether oxygens (including phenoxy) is 1. The van der Waals surface area contributed by atoms with Crippen molar-refractivity contribution in [1.29, 1.82) is 0 Å². The van der Waals surface area contributed by atoms with Gasteiger partial charge < -0.3 is 10.1 Å². The molecule has 0 spiro atoms. The van der Waals surface area contributed by atoms with Crippen LogP contribution in [0.2, 0.25) is 0 Å². The van der Waals surface area contributed by atoms with Crippen LogP contribution in [0.4, 0.5) is 0 Å². The zero-order chi connectivity index (χ0) is 12.7. The smallest absolute Gasteiger partial charge is 0.118 e. The van der Waals surface area contributed by atoms with E-state index in [-0.39, 0.29) is 0 Å². The summed E-state index contributed by atoms with van der Waals surface area (Å²) < 4.78 is 6.31. The predicted octanol–water partition coefficient (Wildman–Crippen LogP) is 3.29. The number of nitrogens with one attached hydrogen (secondary N) is 1. The molecule has 0 aliphatic rings. The lowest BCUT2D eigenvalue weighted by molar-refractivity contribution is 0.414. The topological polar surface area (TPSA) is 21.3 Å². The number of hydrogen-bond donors (Lipinski definition) is 1. The quantitative estimate of drug-likeness (QED) is 0.604. The van der Waals surface area contributed by atoms with Crippen LogP contribution in [-0.2, 0) is 6.42 Å². The highest BCUT2D eigenvalue weighted by molar-refractivity contribution is 14.1. The lowest BCUT2D eigenvalue weighted by Gasteiger charge is -2.19. The summed E-state index contributed by atoms with van der Waals surface area (Å²) in [7, 11) is 1.70. The molecule has 1 N–H and O–H groups in total. The Morgan fingerprint density at radius 1 is 1.24 bits per heavy atom. The third-order valence-corrected chi connectivity index (χ3v) is 3.90. The molecule has 0 saturated carbocycles. The molecular weight excluding hydrogens is 325 g/mol. The first-order valence-electron chi connectivity index (χ1n) is 6.09. The zero-order valence-electron chi connectivity index (χ0n) is 10.9. The third-order valence-electron chi connectivity index (χ3n) is 2.95. The van der Waals surface area contributed by atoms with Crippen molar-refractivity contribution < 1.29 is 4.74 Å². The fraction of sp³-hybridized carbons (Fsp3) is 0.571. The van der Waals surface area contributed by atoms with Crippen LogP contribution < -0.4 is 10.1 Å². The standard InChI is InChI=1S/C14H22INO/c1-11(2)14(10-15)16-9-8-12-4-6-13(17-3)7-5-12/h4-7,11,14,16H,8-10H2,1-3H3. The van der Waals surface area contributed by atoms with E-state index >= 15 is 0 Å². The summed E-state index contributed by atoms with van der Waals surface area (Å²) in [5.41, 5.74) is 1.36. The molecule has 0 heterocycles. The largest absolute Gasteiger partial charge is 0.497 e. The molecule has 0 bridgehead atoms. The second-order valence-electron chi connectivity index (χ2n) is 4.56. The average molecular weight is 347 g/mol. The SMILES string of the molecule is COc1ccc(CCNC(CI)C(C)C)cc1. The molecule has 0 amide bonds. The molecule has 1 rings (SSSR count). The highest BCUT2D eigenvalue weighted by Crippen LogP contribution is 2.11. The van der Waals surface area contributed by atoms with Gasteiger partial charge in [-0.15, -0.1) is 0 Å². The predicted molar refractivity (Wildman–Crippen MR) is 82.2 cm³/mol. The molecule has 0 aromatic heterocycles. The number of halogens is 1. The summed E-state index contributed by atoms with van der Waals surface area (Å²) >= 11 is 2.45. The first kappa shape index (κ1) is 14.8. The lowest BCUT2D eigenvalue weighted by Crippen LogP contribution is -2.36. The minimum Gasteiger partial charge on any atom is -0.497 e. The fourth-order valence-electron chi connectivity index (χ4n) is 1.66. The van der Waals surface area contributed by atoms with Gasteiger partial charge in [0.05, 0.1) is 7.11 Å². The Balaban J connectivity index is 2.34. The monoisotopic (exact) mass is 347 g/mol. The van der Waals surface area contributed by atoms with Crippen LogP contribution in [0.3, 0.4) is 0 Å². The summed E-state index contributed by atoms with van der Waals surface area (Å²) in [6, 6.07) is 8.93. The van der Waals surface area contributed by atoms with Crippen LogP contribution in [0.5, 0.6) is 5.75 Å². The van der Waals surface area contributed by atoms with E-state index < -0.39 is 0 Å². The van der Waals surface area contributed by atoms with Gasteiger partial charge >= 0.3 is 0 Å². The fourth-order valence-corrected chi connectivity index (χ4v) is 2.99. The van der Waals surface area contributed by atoms with Crippen LogP contribution in [0.1, 0.15) is 19.4 Å². The maximum absolute atomic E-state index is 5.14. The summed E-state index contributed by atoms with van der Waals surface area (Å²) in [6.07, 6.45) is 1.07. The summed E-state index contributed by atoms with van der Waals surface area (Å²) in [5, 5.41) is 3.61. The number of methoxy groups -OCH3 is 1. The van der Waals surface area contributed by atoms with E-state index in [9.17, 15) is 0 Å². The van der Waals surface area contributed by atoms with E-state index in [0.29, 0.717) is 12.0 Å². The van der Waals surface area contributed by atoms with Crippen molar-refractivity contribution in [1.82, 2.24) is 5.32 Å². The molecule has 1 unspecified atom stereocenters. The van der Waals surface area contributed by atoms with Crippen LogP contribution in [-0.4, -0.2) is 24.1 Å². The molecule has 0 radical (unpaired) electrons. The van der Waals surface area contributed by atoms with Crippen molar-refractivity contribution in [3.63, 3.8) is 0 Å². The normalized spacial score (nSPS) is 12.8. The maximum atomic E-state index is 5.14. The van der Waals surface area contributed by atoms with Gasteiger partial charge in [-0.1, -0.05) is 48.6 Å². The second kappa shape index (κ2) is 7.93. The van der Waals surface area contributed by atoms with Crippen molar-refractivity contribution in [2.24, 2.45) is 5.92 Å². The number of hydrogen-bond acceptors (Lipinski definition) is 2. The van der Waals surface area contributed by atoms with Gasteiger partial charge in [0.25, 0.3) is 0 Å². The molecule has 0 aliphatic heterocycles. The first-order valence-corrected chi connectivity index (χ1v) is 7.62. The summed E-state index contributed by atoms with van der Waals surface area (Å²) in [5.74, 6) is 1.62. The first-order chi connectivity index (χ1) is 8.17. The van der Waals surface area contributed by atoms with E-state index in [1.165, 1.54) is 5.56 Å². The van der Waals surface area contributed by atoms with E-state index in [1.807, 2.05) is 12.1 Å². The van der Waals surface area contributed by atoms with E-state index in [0.717, 1.165) is 23.1 Å². The second-order valence-corrected chi connectivity index (χ2v) is 5.44. The Bertz CT molecular complexity index is 311. The lowest BCUT2D eigenvalue weighted by atomic mass is 10.1. The maximum Gasteiger partial charge on any atom is 0.118 e. The Hall–Kier alpha value is -0.290. The third kappa shape index (κ3) is 5.25. The Morgan fingerprint density at radius 2 is 1.88 bits per heavy atom. The van der Waals surface area contributed by atoms with Crippen LogP contribution in [0.15, 0.2) is 24.3 Å². The Morgan fingerprint density at radius 3 is 2.35 bits per heavy atom. The van der Waals surface area contributed by atoms with E-state index in [1.54, 1.807) is 7.11 Å². The van der Waals surface area contributed by atoms with Crippen molar-refractivity contribution >= 4 is 22.6 Å². The van der Waals surface area contributed by atoms with Gasteiger partial charge in [0, 0.05) is 10.5 Å². The van der Waals surface area contributed by atoms with Crippen LogP contribution in [0.25, 0.3) is 0 Å². The molecular formula is C14H22INO. The van der Waals surface area contributed by atoms with Gasteiger partial charge in [-0.3, -0.25) is 0 Å². The molecule has 3 heteroatoms. The van der Waals surface area contributed by atoms with Gasteiger partial charge in [-0.05, 0) is 36.6 Å². The van der Waals surface area contributed by atoms with Crippen molar-refractivity contribution in [2.45, 2.75) is 26.3 Å². The van der Waals surface area contributed by atoms with Gasteiger partial charge in [0.15, 0.2) is 0 Å². The molecule has 1 aromatic rings. The minimum absolute atomic E-state index is 0.619. The van der Waals surface area contributed by atoms with Gasteiger partial charge in [0.1, 0.15) is 5.75 Å². The van der Waals surface area contributed by atoms with Gasteiger partial charge in [-0.25, -0.2) is 0 Å². The van der Waals surface area contributed by atoms with Crippen molar-refractivity contribution in [2.75, 3.05) is 18.1 Å². The van der Waals surface area contributed by atoms with Gasteiger partial charge in [-0.2, -0.15) is 0 Å². The molecule has 0 saturated heterocycles. The zero-order valence-corrected chi connectivity index (χ0v) is 13.0. The number of benzene rings is 1. The van der Waals surface area contributed by atoms with E-state index in [2.05, 4.69) is 53.9 Å². The highest BCUT2D eigenvalue weighted by Gasteiger charge is 2.09. The molecule has 2 nitrogen and oxygen atoms in total. The summed E-state index contributed by atoms with van der Waals surface area (Å²) in [6.45, 7) is 5.57.